The zero-order valence-electron chi connectivity index (χ0n) is 14.8. The van der Waals surface area contributed by atoms with E-state index < -0.39 is 0 Å². The number of ether oxygens (including phenoxy) is 2. The highest BCUT2D eigenvalue weighted by molar-refractivity contribution is 9.10. The van der Waals surface area contributed by atoms with Crippen LogP contribution in [0.1, 0.15) is 22.4 Å². The number of hydrogen-bond donors (Lipinski definition) is 0. The maximum atomic E-state index is 9.35. The minimum absolute atomic E-state index is 0.421. The van der Waals surface area contributed by atoms with Crippen LogP contribution in [0.15, 0.2) is 46.9 Å². The minimum atomic E-state index is 0.421. The zero-order valence-corrected chi connectivity index (χ0v) is 16.4. The molecule has 2 aromatic carbocycles. The van der Waals surface area contributed by atoms with Gasteiger partial charge in [-0.1, -0.05) is 30.3 Å². The summed E-state index contributed by atoms with van der Waals surface area (Å²) in [5, 5.41) is 13.6. The van der Waals surface area contributed by atoms with Gasteiger partial charge in [0.1, 0.15) is 29.7 Å². The monoisotopic (exact) mass is 411 g/mol. The van der Waals surface area contributed by atoms with E-state index in [9.17, 15) is 5.26 Å². The minimum Gasteiger partial charge on any atom is -0.488 e. The summed E-state index contributed by atoms with van der Waals surface area (Å²) in [5.74, 6) is 1.71. The van der Waals surface area contributed by atoms with E-state index in [2.05, 4.69) is 27.1 Å². The van der Waals surface area contributed by atoms with Crippen molar-refractivity contribution in [3.05, 3.63) is 69.3 Å². The molecule has 0 aliphatic carbocycles. The van der Waals surface area contributed by atoms with Crippen molar-refractivity contribution in [2.24, 2.45) is 7.05 Å². The molecule has 1 heterocycles. The second kappa shape index (κ2) is 7.63. The zero-order chi connectivity index (χ0) is 18.7. The van der Waals surface area contributed by atoms with Gasteiger partial charge in [0.2, 0.25) is 5.88 Å². The van der Waals surface area contributed by atoms with Gasteiger partial charge in [-0.2, -0.15) is 10.4 Å². The Bertz CT molecular complexity index is 975. The van der Waals surface area contributed by atoms with Gasteiger partial charge >= 0.3 is 0 Å². The van der Waals surface area contributed by atoms with Gasteiger partial charge in [-0.3, -0.25) is 0 Å². The first-order valence-corrected chi connectivity index (χ1v) is 8.87. The molecule has 132 valence electrons. The topological polar surface area (TPSA) is 60.1 Å². The molecule has 0 fully saturated rings. The number of nitriles is 1. The molecule has 0 saturated heterocycles. The summed E-state index contributed by atoms with van der Waals surface area (Å²) in [7, 11) is 1.75. The average molecular weight is 412 g/mol. The smallest absolute Gasteiger partial charge is 0.235 e. The van der Waals surface area contributed by atoms with Crippen LogP contribution in [0.4, 0.5) is 0 Å². The molecule has 0 bridgehead atoms. The largest absolute Gasteiger partial charge is 0.488 e. The van der Waals surface area contributed by atoms with Crippen LogP contribution >= 0.6 is 15.9 Å². The van der Waals surface area contributed by atoms with Crippen LogP contribution in [0.2, 0.25) is 0 Å². The van der Waals surface area contributed by atoms with Crippen LogP contribution in [0.3, 0.4) is 0 Å². The molecule has 0 aliphatic heterocycles. The van der Waals surface area contributed by atoms with Crippen molar-refractivity contribution < 1.29 is 9.47 Å². The van der Waals surface area contributed by atoms with E-state index >= 15 is 0 Å². The number of benzene rings is 2. The fourth-order valence-electron chi connectivity index (χ4n) is 2.58. The number of halogens is 1. The second-order valence-electron chi connectivity index (χ2n) is 5.93. The van der Waals surface area contributed by atoms with Crippen molar-refractivity contribution in [1.82, 2.24) is 9.78 Å². The average Bonchev–Trinajstić information content (AvgIpc) is 2.89. The molecule has 0 radical (unpaired) electrons. The van der Waals surface area contributed by atoms with Crippen LogP contribution < -0.4 is 9.47 Å². The summed E-state index contributed by atoms with van der Waals surface area (Å²) in [6, 6.07) is 15.9. The molecule has 26 heavy (non-hydrogen) atoms. The summed E-state index contributed by atoms with van der Waals surface area (Å²) in [4.78, 5) is 0. The molecule has 0 N–H and O–H groups in total. The van der Waals surface area contributed by atoms with Crippen LogP contribution in [-0.2, 0) is 13.7 Å². The maximum Gasteiger partial charge on any atom is 0.235 e. The van der Waals surface area contributed by atoms with Gasteiger partial charge in [0, 0.05) is 13.1 Å². The van der Waals surface area contributed by atoms with Gasteiger partial charge in [0.25, 0.3) is 0 Å². The number of nitrogens with zero attached hydrogens (tertiary/aromatic N) is 3. The Morgan fingerprint density at radius 2 is 1.88 bits per heavy atom. The lowest BCUT2D eigenvalue weighted by Gasteiger charge is -2.14. The lowest BCUT2D eigenvalue weighted by atomic mass is 10.2. The molecule has 1 aromatic heterocycles. The van der Waals surface area contributed by atoms with Crippen LogP contribution in [0.25, 0.3) is 0 Å². The van der Waals surface area contributed by atoms with Crippen molar-refractivity contribution in [1.29, 1.82) is 5.26 Å². The highest BCUT2D eigenvalue weighted by Gasteiger charge is 2.17. The molecule has 3 rings (SSSR count). The molecule has 0 spiro atoms. The first kappa shape index (κ1) is 18.0. The van der Waals surface area contributed by atoms with E-state index in [1.54, 1.807) is 18.7 Å². The van der Waals surface area contributed by atoms with E-state index in [1.165, 1.54) is 0 Å². The summed E-state index contributed by atoms with van der Waals surface area (Å²) < 4.78 is 14.4. The Morgan fingerprint density at radius 3 is 2.58 bits per heavy atom. The van der Waals surface area contributed by atoms with Gasteiger partial charge in [0.05, 0.1) is 10.2 Å². The third-order valence-electron chi connectivity index (χ3n) is 3.95. The Morgan fingerprint density at radius 1 is 1.15 bits per heavy atom. The van der Waals surface area contributed by atoms with E-state index in [4.69, 9.17) is 9.47 Å². The van der Waals surface area contributed by atoms with E-state index in [0.29, 0.717) is 35.2 Å². The molecular formula is C20H18BrN3O2. The molecule has 3 aromatic rings. The summed E-state index contributed by atoms with van der Waals surface area (Å²) >= 11 is 3.54. The van der Waals surface area contributed by atoms with E-state index in [0.717, 1.165) is 15.6 Å². The third-order valence-corrected chi connectivity index (χ3v) is 4.57. The predicted molar refractivity (Wildman–Crippen MR) is 102 cm³/mol. The normalized spacial score (nSPS) is 10.4. The van der Waals surface area contributed by atoms with Crippen LogP contribution in [-0.4, -0.2) is 9.78 Å². The van der Waals surface area contributed by atoms with Gasteiger partial charge in [-0.05, 0) is 47.0 Å². The summed E-state index contributed by atoms with van der Waals surface area (Å²) in [6.07, 6.45) is 0. The van der Waals surface area contributed by atoms with E-state index in [-0.39, 0.29) is 0 Å². The SMILES string of the molecule is Cc1cc(Br)c(OCc2ccccc2)cc1Oc1c(C#N)c(C)nn1C. The van der Waals surface area contributed by atoms with Gasteiger partial charge in [0.15, 0.2) is 0 Å². The van der Waals surface area contributed by atoms with Crippen molar-refractivity contribution in [2.45, 2.75) is 20.5 Å². The van der Waals surface area contributed by atoms with E-state index in [1.807, 2.05) is 49.4 Å². The van der Waals surface area contributed by atoms with Gasteiger partial charge in [-0.15, -0.1) is 0 Å². The van der Waals surface area contributed by atoms with Crippen LogP contribution in [0.5, 0.6) is 17.4 Å². The number of aromatic nitrogens is 2. The highest BCUT2D eigenvalue weighted by Crippen LogP contribution is 2.36. The maximum absolute atomic E-state index is 9.35. The predicted octanol–water partition coefficient (Wildman–Crippen LogP) is 5.04. The molecule has 0 atom stereocenters. The fourth-order valence-corrected chi connectivity index (χ4v) is 3.15. The van der Waals surface area contributed by atoms with Crippen LogP contribution in [0, 0.1) is 25.2 Å². The van der Waals surface area contributed by atoms with Crippen molar-refractivity contribution in [3.63, 3.8) is 0 Å². The fraction of sp³-hybridized carbons (Fsp3) is 0.200. The number of hydrogen-bond acceptors (Lipinski definition) is 4. The Kier molecular flexibility index (Phi) is 5.29. The third kappa shape index (κ3) is 3.73. The lowest BCUT2D eigenvalue weighted by Crippen LogP contribution is -2.00. The molecule has 0 aliphatic rings. The molecular weight excluding hydrogens is 394 g/mol. The van der Waals surface area contributed by atoms with Gasteiger partial charge in [-0.25, -0.2) is 4.68 Å². The molecule has 6 heteroatoms. The molecule has 0 amide bonds. The highest BCUT2D eigenvalue weighted by atomic mass is 79.9. The second-order valence-corrected chi connectivity index (χ2v) is 6.78. The molecule has 0 unspecified atom stereocenters. The first-order valence-electron chi connectivity index (χ1n) is 8.08. The number of aryl methyl sites for hydroxylation is 3. The standard InChI is InChI=1S/C20H18BrN3O2/c1-13-9-17(21)19(25-12-15-7-5-4-6-8-15)10-18(13)26-20-16(11-22)14(2)23-24(20)3/h4-10H,12H2,1-3H3. The van der Waals surface area contributed by atoms with Gasteiger partial charge < -0.3 is 9.47 Å². The van der Waals surface area contributed by atoms with Crippen molar-refractivity contribution in [2.75, 3.05) is 0 Å². The van der Waals surface area contributed by atoms with Crippen molar-refractivity contribution in [3.8, 4) is 23.4 Å². The van der Waals surface area contributed by atoms with Crippen molar-refractivity contribution >= 4 is 15.9 Å². The molecule has 5 nitrogen and oxygen atoms in total. The Labute approximate surface area is 160 Å². The summed E-state index contributed by atoms with van der Waals surface area (Å²) in [5.41, 5.74) is 3.07. The summed E-state index contributed by atoms with van der Waals surface area (Å²) in [6.45, 7) is 4.18. The lowest BCUT2D eigenvalue weighted by molar-refractivity contribution is 0.302. The Hall–Kier alpha value is -2.78. The first-order chi connectivity index (χ1) is 12.5. The molecule has 0 saturated carbocycles. The quantitative estimate of drug-likeness (QED) is 0.589. The number of rotatable bonds is 5. The Balaban J connectivity index is 1.88.